The molecule has 7 nitrogen and oxygen atoms in total. The molecule has 0 saturated carbocycles. The van der Waals surface area contributed by atoms with Crippen molar-refractivity contribution in [2.24, 2.45) is 0 Å². The average Bonchev–Trinajstić information content (AvgIpc) is 2.64. The lowest BCUT2D eigenvalue weighted by molar-refractivity contribution is -0.311. The van der Waals surface area contributed by atoms with Gasteiger partial charge in [-0.15, -0.1) is 0 Å². The quantitative estimate of drug-likeness (QED) is 0.361. The summed E-state index contributed by atoms with van der Waals surface area (Å²) in [6.07, 6.45) is 2.38. The normalized spacial score (nSPS) is 28.3. The number of hydrogen-bond donors (Lipinski definition) is 1. The van der Waals surface area contributed by atoms with Gasteiger partial charge in [0.15, 0.2) is 6.29 Å². The minimum absolute atomic E-state index is 0.0124. The van der Waals surface area contributed by atoms with Crippen LogP contribution >= 0.6 is 0 Å². The maximum Gasteiger partial charge on any atom is 0.302 e. The van der Waals surface area contributed by atoms with E-state index in [0.29, 0.717) is 19.8 Å². The maximum atomic E-state index is 11.2. The van der Waals surface area contributed by atoms with Crippen molar-refractivity contribution in [1.29, 1.82) is 0 Å². The van der Waals surface area contributed by atoms with E-state index in [0.717, 1.165) is 38.5 Å². The Kier molecular flexibility index (Phi) is 12.9. The second kappa shape index (κ2) is 14.3. The number of rotatable bonds is 14. The number of aliphatic hydroxyl groups excluding tert-OH is 1. The Morgan fingerprint density at radius 3 is 1.81 bits per heavy atom. The monoisotopic (exact) mass is 390 g/mol. The molecule has 0 bridgehead atoms. The first-order valence-electron chi connectivity index (χ1n) is 10.4. The summed E-state index contributed by atoms with van der Waals surface area (Å²) in [6.45, 7) is 9.24. The third-order valence-corrected chi connectivity index (χ3v) is 4.48. The number of hydrogen-bond acceptors (Lipinski definition) is 7. The molecule has 0 aromatic rings. The highest BCUT2D eigenvalue weighted by Crippen LogP contribution is 2.28. The molecule has 1 saturated heterocycles. The predicted octanol–water partition coefficient (Wildman–Crippen LogP) is 2.82. The van der Waals surface area contributed by atoms with Crippen LogP contribution in [0.4, 0.5) is 0 Å². The van der Waals surface area contributed by atoms with Gasteiger partial charge in [-0.25, -0.2) is 0 Å². The van der Waals surface area contributed by atoms with E-state index in [2.05, 4.69) is 20.8 Å². The van der Waals surface area contributed by atoms with Crippen LogP contribution < -0.4 is 0 Å². The van der Waals surface area contributed by atoms with Gasteiger partial charge in [-0.1, -0.05) is 40.0 Å². The molecule has 1 aliphatic rings. The standard InChI is InChI=1S/C20H38O7/c1-5-8-11-23-17-16(14-26-15(4)21)27-20(22)19(25-13-10-7-3)18(17)24-12-9-6-2/h16-20,22H,5-14H2,1-4H3/t16-,17-,18+,19-,20?/m1/s1. The van der Waals surface area contributed by atoms with E-state index in [1.807, 2.05) is 0 Å². The van der Waals surface area contributed by atoms with Gasteiger partial charge in [0, 0.05) is 26.7 Å². The molecule has 1 aliphatic heterocycles. The van der Waals surface area contributed by atoms with E-state index in [9.17, 15) is 9.90 Å². The maximum absolute atomic E-state index is 11.2. The van der Waals surface area contributed by atoms with Crippen molar-refractivity contribution in [2.75, 3.05) is 26.4 Å². The predicted molar refractivity (Wildman–Crippen MR) is 101 cm³/mol. The fourth-order valence-corrected chi connectivity index (χ4v) is 2.89. The Bertz CT molecular complexity index is 391. The smallest absolute Gasteiger partial charge is 0.302 e. The average molecular weight is 391 g/mol. The summed E-state index contributed by atoms with van der Waals surface area (Å²) in [6, 6.07) is 0. The van der Waals surface area contributed by atoms with Crippen LogP contribution in [0.2, 0.25) is 0 Å². The topological polar surface area (TPSA) is 83.5 Å². The van der Waals surface area contributed by atoms with Crippen LogP contribution in [-0.2, 0) is 28.5 Å². The van der Waals surface area contributed by atoms with Gasteiger partial charge in [0.25, 0.3) is 0 Å². The Hall–Kier alpha value is -0.730. The van der Waals surface area contributed by atoms with E-state index in [4.69, 9.17) is 23.7 Å². The largest absolute Gasteiger partial charge is 0.463 e. The number of carbonyl (C=O) groups excluding carboxylic acids is 1. The van der Waals surface area contributed by atoms with Gasteiger partial charge in [0.05, 0.1) is 0 Å². The molecule has 1 fully saturated rings. The van der Waals surface area contributed by atoms with E-state index in [1.54, 1.807) is 0 Å². The number of carbonyl (C=O) groups is 1. The summed E-state index contributed by atoms with van der Waals surface area (Å²) >= 11 is 0. The summed E-state index contributed by atoms with van der Waals surface area (Å²) in [5.74, 6) is -0.398. The van der Waals surface area contributed by atoms with Crippen LogP contribution in [0, 0.1) is 0 Å². The molecule has 27 heavy (non-hydrogen) atoms. The lowest BCUT2D eigenvalue weighted by Crippen LogP contribution is -2.61. The van der Waals surface area contributed by atoms with E-state index < -0.39 is 36.7 Å². The molecule has 1 N–H and O–H groups in total. The molecule has 0 amide bonds. The summed E-state index contributed by atoms with van der Waals surface area (Å²) in [5.41, 5.74) is 0. The summed E-state index contributed by atoms with van der Waals surface area (Å²) in [5, 5.41) is 10.5. The molecule has 0 spiro atoms. The van der Waals surface area contributed by atoms with Crippen molar-refractivity contribution < 1.29 is 33.6 Å². The minimum Gasteiger partial charge on any atom is -0.463 e. The highest BCUT2D eigenvalue weighted by molar-refractivity contribution is 5.65. The third kappa shape index (κ3) is 8.87. The van der Waals surface area contributed by atoms with Crippen molar-refractivity contribution in [2.45, 2.75) is 96.9 Å². The Labute approximate surface area is 163 Å². The van der Waals surface area contributed by atoms with Gasteiger partial charge < -0.3 is 28.8 Å². The number of esters is 1. The highest BCUT2D eigenvalue weighted by Gasteiger charge is 2.48. The van der Waals surface area contributed by atoms with Crippen molar-refractivity contribution in [3.8, 4) is 0 Å². The fraction of sp³-hybridized carbons (Fsp3) is 0.950. The molecule has 0 aliphatic carbocycles. The first-order valence-corrected chi connectivity index (χ1v) is 10.4. The Morgan fingerprint density at radius 1 is 0.852 bits per heavy atom. The molecular formula is C20H38O7. The molecule has 1 unspecified atom stereocenters. The van der Waals surface area contributed by atoms with Crippen LogP contribution in [-0.4, -0.2) is 68.2 Å². The zero-order valence-corrected chi connectivity index (χ0v) is 17.4. The third-order valence-electron chi connectivity index (χ3n) is 4.48. The molecule has 5 atom stereocenters. The van der Waals surface area contributed by atoms with Gasteiger partial charge in [-0.2, -0.15) is 0 Å². The van der Waals surface area contributed by atoms with Gasteiger partial charge in [0.2, 0.25) is 0 Å². The SMILES string of the molecule is CCCCO[C@H]1[C@H](OCCCC)[C@@H](OCCCC)C(O)O[C@@H]1COC(C)=O. The molecule has 0 aromatic heterocycles. The Morgan fingerprint density at radius 2 is 1.33 bits per heavy atom. The number of unbranched alkanes of at least 4 members (excludes halogenated alkanes) is 3. The van der Waals surface area contributed by atoms with Crippen molar-refractivity contribution in [1.82, 2.24) is 0 Å². The molecule has 0 radical (unpaired) electrons. The molecule has 1 rings (SSSR count). The zero-order chi connectivity index (χ0) is 20.1. The summed E-state index contributed by atoms with van der Waals surface area (Å²) in [4.78, 5) is 11.2. The van der Waals surface area contributed by atoms with Gasteiger partial charge >= 0.3 is 5.97 Å². The molecule has 160 valence electrons. The van der Waals surface area contributed by atoms with Crippen LogP contribution in [0.3, 0.4) is 0 Å². The Balaban J connectivity index is 2.90. The van der Waals surface area contributed by atoms with E-state index >= 15 is 0 Å². The van der Waals surface area contributed by atoms with Crippen LogP contribution in [0.25, 0.3) is 0 Å². The minimum atomic E-state index is -1.15. The van der Waals surface area contributed by atoms with Crippen molar-refractivity contribution >= 4 is 5.97 Å². The van der Waals surface area contributed by atoms with Gasteiger partial charge in [-0.05, 0) is 19.3 Å². The van der Waals surface area contributed by atoms with Crippen LogP contribution in [0.5, 0.6) is 0 Å². The van der Waals surface area contributed by atoms with Gasteiger partial charge in [0.1, 0.15) is 31.0 Å². The molecule has 1 heterocycles. The first kappa shape index (κ1) is 24.3. The number of ether oxygens (including phenoxy) is 5. The summed E-state index contributed by atoms with van der Waals surface area (Å²) in [7, 11) is 0. The van der Waals surface area contributed by atoms with Crippen LogP contribution in [0.1, 0.15) is 66.2 Å². The molecule has 0 aromatic carbocycles. The van der Waals surface area contributed by atoms with Crippen molar-refractivity contribution in [3.63, 3.8) is 0 Å². The lowest BCUT2D eigenvalue weighted by Gasteiger charge is -2.44. The van der Waals surface area contributed by atoms with Gasteiger partial charge in [-0.3, -0.25) is 4.79 Å². The van der Waals surface area contributed by atoms with Crippen molar-refractivity contribution in [3.05, 3.63) is 0 Å². The van der Waals surface area contributed by atoms with E-state index in [-0.39, 0.29) is 6.61 Å². The zero-order valence-electron chi connectivity index (χ0n) is 17.4. The second-order valence-corrected chi connectivity index (χ2v) is 6.93. The second-order valence-electron chi connectivity index (χ2n) is 6.93. The number of aliphatic hydroxyl groups is 1. The first-order chi connectivity index (χ1) is 13.0. The fourth-order valence-electron chi connectivity index (χ4n) is 2.89. The lowest BCUT2D eigenvalue weighted by atomic mass is 9.98. The highest BCUT2D eigenvalue weighted by atomic mass is 16.7. The summed E-state index contributed by atoms with van der Waals surface area (Å²) < 4.78 is 28.9. The van der Waals surface area contributed by atoms with E-state index in [1.165, 1.54) is 6.92 Å². The molecule has 7 heteroatoms. The van der Waals surface area contributed by atoms with Crippen LogP contribution in [0.15, 0.2) is 0 Å². The molecular weight excluding hydrogens is 352 g/mol.